The van der Waals surface area contributed by atoms with E-state index < -0.39 is 0 Å². The molecule has 0 aliphatic heterocycles. The summed E-state index contributed by atoms with van der Waals surface area (Å²) in [5, 5.41) is 2.99. The molecule has 3 N–H and O–H groups in total. The minimum atomic E-state index is -0.301. The van der Waals surface area contributed by atoms with Gasteiger partial charge in [0.1, 0.15) is 0 Å². The molecule has 17 heavy (non-hydrogen) atoms. The molecule has 0 radical (unpaired) electrons. The van der Waals surface area contributed by atoms with Crippen LogP contribution in [-0.2, 0) is 4.79 Å². The molecular formula is C14H26N2O. The van der Waals surface area contributed by atoms with Gasteiger partial charge in [0.25, 0.3) is 0 Å². The molecule has 2 fully saturated rings. The fourth-order valence-electron chi connectivity index (χ4n) is 3.05. The highest BCUT2D eigenvalue weighted by Gasteiger charge is 2.47. The monoisotopic (exact) mass is 238 g/mol. The fraction of sp³-hybridized carbons (Fsp3) is 0.929. The van der Waals surface area contributed by atoms with Gasteiger partial charge in [0, 0.05) is 18.0 Å². The molecule has 2 aliphatic rings. The van der Waals surface area contributed by atoms with Gasteiger partial charge in [-0.15, -0.1) is 0 Å². The van der Waals surface area contributed by atoms with Gasteiger partial charge in [0.15, 0.2) is 0 Å². The number of carbonyl (C=O) groups is 1. The van der Waals surface area contributed by atoms with Gasteiger partial charge < -0.3 is 11.1 Å². The van der Waals surface area contributed by atoms with Crippen molar-refractivity contribution in [2.45, 2.75) is 57.9 Å². The van der Waals surface area contributed by atoms with E-state index in [4.69, 9.17) is 5.73 Å². The summed E-state index contributed by atoms with van der Waals surface area (Å²) in [6.07, 6.45) is 7.92. The van der Waals surface area contributed by atoms with Gasteiger partial charge in [-0.1, -0.05) is 32.1 Å². The smallest absolute Gasteiger partial charge is 0.223 e. The highest BCUT2D eigenvalue weighted by Crippen LogP contribution is 2.49. The Bertz CT molecular complexity index is 276. The summed E-state index contributed by atoms with van der Waals surface area (Å²) in [7, 11) is 0. The Balaban J connectivity index is 1.72. The van der Waals surface area contributed by atoms with Gasteiger partial charge in [-0.05, 0) is 32.1 Å². The lowest BCUT2D eigenvalue weighted by Gasteiger charge is -2.22. The maximum atomic E-state index is 11.9. The predicted molar refractivity (Wildman–Crippen MR) is 69.4 cm³/mol. The Morgan fingerprint density at radius 1 is 1.29 bits per heavy atom. The lowest BCUT2D eigenvalue weighted by atomic mass is 9.85. The first-order valence-corrected chi connectivity index (χ1v) is 7.04. The van der Waals surface area contributed by atoms with Crippen LogP contribution in [-0.4, -0.2) is 18.0 Å². The van der Waals surface area contributed by atoms with Crippen LogP contribution in [0.4, 0.5) is 0 Å². The minimum absolute atomic E-state index is 0.235. The van der Waals surface area contributed by atoms with E-state index >= 15 is 0 Å². The zero-order valence-electron chi connectivity index (χ0n) is 11.2. The van der Waals surface area contributed by atoms with E-state index in [-0.39, 0.29) is 11.4 Å². The molecule has 98 valence electrons. The van der Waals surface area contributed by atoms with Crippen molar-refractivity contribution in [3.63, 3.8) is 0 Å². The van der Waals surface area contributed by atoms with E-state index in [0.717, 1.165) is 12.3 Å². The van der Waals surface area contributed by atoms with Crippen molar-refractivity contribution >= 4 is 5.91 Å². The zero-order chi connectivity index (χ0) is 12.5. The molecule has 0 spiro atoms. The van der Waals surface area contributed by atoms with E-state index in [1.54, 1.807) is 0 Å². The number of nitrogens with one attached hydrogen (secondary N) is 1. The van der Waals surface area contributed by atoms with E-state index in [9.17, 15) is 4.79 Å². The molecule has 2 saturated carbocycles. The van der Waals surface area contributed by atoms with Crippen molar-refractivity contribution in [2.24, 2.45) is 23.5 Å². The molecule has 1 amide bonds. The molecule has 0 aromatic heterocycles. The number of hydrogen-bond acceptors (Lipinski definition) is 2. The van der Waals surface area contributed by atoms with Crippen LogP contribution in [0.25, 0.3) is 0 Å². The lowest BCUT2D eigenvalue weighted by Crippen LogP contribution is -2.45. The third-order valence-corrected chi connectivity index (χ3v) is 4.15. The van der Waals surface area contributed by atoms with Crippen molar-refractivity contribution in [3.8, 4) is 0 Å². The third kappa shape index (κ3) is 3.70. The van der Waals surface area contributed by atoms with Crippen molar-refractivity contribution in [1.29, 1.82) is 0 Å². The van der Waals surface area contributed by atoms with Gasteiger partial charge in [-0.3, -0.25) is 4.79 Å². The van der Waals surface area contributed by atoms with Gasteiger partial charge in [0.2, 0.25) is 5.91 Å². The molecule has 0 aromatic rings. The van der Waals surface area contributed by atoms with Crippen molar-refractivity contribution in [1.82, 2.24) is 5.32 Å². The molecule has 3 nitrogen and oxygen atoms in total. The van der Waals surface area contributed by atoms with E-state index in [1.807, 2.05) is 13.8 Å². The largest absolute Gasteiger partial charge is 0.354 e. The number of hydrogen-bond donors (Lipinski definition) is 2. The standard InChI is InChI=1S/C14H26N2O/c1-14(2,15)9-16-13(17)12-8-11(12)10-6-4-3-5-7-10/h10-12H,3-9,15H2,1-2H3,(H,16,17). The van der Waals surface area contributed by atoms with Crippen LogP contribution in [0.1, 0.15) is 52.4 Å². The summed E-state index contributed by atoms with van der Waals surface area (Å²) in [6, 6.07) is 0. The second kappa shape index (κ2) is 4.97. The van der Waals surface area contributed by atoms with E-state index in [1.165, 1.54) is 32.1 Å². The molecule has 0 aromatic carbocycles. The normalized spacial score (nSPS) is 30.1. The topological polar surface area (TPSA) is 55.1 Å². The first-order valence-electron chi connectivity index (χ1n) is 7.04. The summed E-state index contributed by atoms with van der Waals surface area (Å²) in [6.45, 7) is 4.47. The maximum Gasteiger partial charge on any atom is 0.223 e. The SMILES string of the molecule is CC(C)(N)CNC(=O)C1CC1C1CCCCC1. The second-order valence-corrected chi connectivity index (χ2v) is 6.61. The molecular weight excluding hydrogens is 212 g/mol. The summed E-state index contributed by atoms with van der Waals surface area (Å²) in [5.41, 5.74) is 5.57. The average molecular weight is 238 g/mol. The van der Waals surface area contributed by atoms with Crippen LogP contribution >= 0.6 is 0 Å². The minimum Gasteiger partial charge on any atom is -0.354 e. The van der Waals surface area contributed by atoms with Crippen LogP contribution < -0.4 is 11.1 Å². The Hall–Kier alpha value is -0.570. The Labute approximate surface area is 105 Å². The molecule has 0 heterocycles. The van der Waals surface area contributed by atoms with Gasteiger partial charge in [-0.25, -0.2) is 0 Å². The van der Waals surface area contributed by atoms with Crippen molar-refractivity contribution < 1.29 is 4.79 Å². The van der Waals surface area contributed by atoms with Crippen molar-refractivity contribution in [2.75, 3.05) is 6.54 Å². The summed E-state index contributed by atoms with van der Waals surface area (Å²) >= 11 is 0. The Morgan fingerprint density at radius 2 is 1.94 bits per heavy atom. The first-order chi connectivity index (χ1) is 7.97. The predicted octanol–water partition coefficient (Wildman–Crippen LogP) is 2.06. The maximum absolute atomic E-state index is 11.9. The fourth-order valence-corrected chi connectivity index (χ4v) is 3.05. The van der Waals surface area contributed by atoms with Crippen LogP contribution in [0.5, 0.6) is 0 Å². The summed E-state index contributed by atoms with van der Waals surface area (Å²) in [5.74, 6) is 2.03. The van der Waals surface area contributed by atoms with Gasteiger partial charge >= 0.3 is 0 Å². The Morgan fingerprint density at radius 3 is 2.53 bits per heavy atom. The lowest BCUT2D eigenvalue weighted by molar-refractivity contribution is -0.123. The molecule has 2 rings (SSSR count). The molecule has 2 atom stereocenters. The van der Waals surface area contributed by atoms with Crippen LogP contribution in [0.2, 0.25) is 0 Å². The van der Waals surface area contributed by atoms with E-state index in [0.29, 0.717) is 18.4 Å². The number of amides is 1. The summed E-state index contributed by atoms with van der Waals surface area (Å²) in [4.78, 5) is 11.9. The van der Waals surface area contributed by atoms with Crippen molar-refractivity contribution in [3.05, 3.63) is 0 Å². The van der Waals surface area contributed by atoms with Crippen LogP contribution in [0.3, 0.4) is 0 Å². The first kappa shape index (κ1) is 12.9. The van der Waals surface area contributed by atoms with Crippen LogP contribution in [0, 0.1) is 17.8 Å². The molecule has 0 bridgehead atoms. The number of carbonyl (C=O) groups excluding carboxylic acids is 1. The second-order valence-electron chi connectivity index (χ2n) is 6.61. The highest BCUT2D eigenvalue weighted by atomic mass is 16.2. The summed E-state index contributed by atoms with van der Waals surface area (Å²) < 4.78 is 0. The van der Waals surface area contributed by atoms with Gasteiger partial charge in [-0.2, -0.15) is 0 Å². The third-order valence-electron chi connectivity index (χ3n) is 4.15. The van der Waals surface area contributed by atoms with Crippen LogP contribution in [0.15, 0.2) is 0 Å². The molecule has 2 aliphatic carbocycles. The quantitative estimate of drug-likeness (QED) is 0.787. The average Bonchev–Trinajstić information content (AvgIpc) is 3.06. The Kier molecular flexibility index (Phi) is 3.76. The molecule has 2 unspecified atom stereocenters. The van der Waals surface area contributed by atoms with Gasteiger partial charge in [0.05, 0.1) is 0 Å². The molecule has 3 heteroatoms. The zero-order valence-corrected chi connectivity index (χ0v) is 11.2. The number of rotatable bonds is 4. The number of nitrogens with two attached hydrogens (primary N) is 1. The van der Waals surface area contributed by atoms with E-state index in [2.05, 4.69) is 5.32 Å². The molecule has 0 saturated heterocycles. The highest BCUT2D eigenvalue weighted by molar-refractivity contribution is 5.81.